The highest BCUT2D eigenvalue weighted by Gasteiger charge is 2.33. The van der Waals surface area contributed by atoms with Crippen molar-refractivity contribution in [2.45, 2.75) is 36.6 Å². The van der Waals surface area contributed by atoms with Crippen LogP contribution in [-0.4, -0.2) is 29.2 Å². The lowest BCUT2D eigenvalue weighted by molar-refractivity contribution is -0.384. The first kappa shape index (κ1) is 30.5. The molecule has 0 saturated heterocycles. The Balaban J connectivity index is 1.71. The number of nitrogens with zero attached hydrogens (tertiary/aromatic N) is 3. The van der Waals surface area contributed by atoms with E-state index in [0.29, 0.717) is 36.4 Å². The van der Waals surface area contributed by atoms with E-state index in [4.69, 9.17) is 9.47 Å². The number of carbonyl (C=O) groups excluding carboxylic acids is 1. The molecule has 1 aliphatic heterocycles. The molecule has 12 heteroatoms. The monoisotopic (exact) mass is 679 g/mol. The van der Waals surface area contributed by atoms with E-state index in [-0.39, 0.29) is 23.4 Å². The molecule has 220 valence electrons. The second kappa shape index (κ2) is 12.7. The van der Waals surface area contributed by atoms with Gasteiger partial charge in [-0.15, -0.1) is 0 Å². The number of ether oxygens (including phenoxy) is 2. The molecule has 1 atom stereocenters. The standard InChI is InChI=1S/C31H26BrN3O6S2/c1-5-41-30(37)27-18(3)33-31-34(28(27)19-8-12-24(40-4)23(32)15-19)29(36)26(43-31)16-20-14-21(35(38)39)9-13-25(20)42-22-10-6-17(2)7-11-22/h6-16,28H,5H2,1-4H3/b26-16-/t28-/m0/s1. The molecule has 0 unspecified atom stereocenters. The van der Waals surface area contributed by atoms with Crippen LogP contribution < -0.4 is 19.6 Å². The Hall–Kier alpha value is -4.00. The van der Waals surface area contributed by atoms with Gasteiger partial charge in [-0.3, -0.25) is 19.5 Å². The van der Waals surface area contributed by atoms with Crippen molar-refractivity contribution in [1.29, 1.82) is 0 Å². The molecule has 3 aromatic carbocycles. The van der Waals surface area contributed by atoms with Crippen LogP contribution in [-0.2, 0) is 9.53 Å². The van der Waals surface area contributed by atoms with E-state index in [1.54, 1.807) is 51.3 Å². The number of nitro groups is 1. The number of halogens is 1. The van der Waals surface area contributed by atoms with Gasteiger partial charge in [-0.05, 0) is 84.2 Å². The van der Waals surface area contributed by atoms with E-state index in [1.807, 2.05) is 31.2 Å². The van der Waals surface area contributed by atoms with Crippen LogP contribution in [0.3, 0.4) is 0 Å². The maximum atomic E-state index is 14.1. The zero-order valence-electron chi connectivity index (χ0n) is 23.6. The smallest absolute Gasteiger partial charge is 0.338 e. The number of benzene rings is 3. The number of aromatic nitrogens is 1. The predicted molar refractivity (Wildman–Crippen MR) is 169 cm³/mol. The lowest BCUT2D eigenvalue weighted by Crippen LogP contribution is -2.40. The number of non-ortho nitro benzene ring substituents is 1. The fourth-order valence-corrected chi connectivity index (χ4v) is 7.18. The van der Waals surface area contributed by atoms with Gasteiger partial charge < -0.3 is 9.47 Å². The third-order valence-electron chi connectivity index (χ3n) is 6.75. The predicted octanol–water partition coefficient (Wildman–Crippen LogP) is 5.94. The third kappa shape index (κ3) is 6.22. The van der Waals surface area contributed by atoms with Crippen LogP contribution in [0.25, 0.3) is 6.08 Å². The molecule has 2 heterocycles. The first-order chi connectivity index (χ1) is 20.6. The number of rotatable bonds is 8. The summed E-state index contributed by atoms with van der Waals surface area (Å²) in [6.45, 7) is 5.59. The molecule has 5 rings (SSSR count). The van der Waals surface area contributed by atoms with Crippen LogP contribution in [0.1, 0.15) is 36.6 Å². The van der Waals surface area contributed by atoms with E-state index < -0.39 is 16.9 Å². The minimum atomic E-state index is -0.814. The number of thiazole rings is 1. The molecule has 4 aromatic rings. The number of carbonyl (C=O) groups is 1. The summed E-state index contributed by atoms with van der Waals surface area (Å²) in [6.07, 6.45) is 1.65. The molecule has 0 saturated carbocycles. The fourth-order valence-electron chi connectivity index (χ4n) is 4.69. The summed E-state index contributed by atoms with van der Waals surface area (Å²) in [6, 6.07) is 17.1. The molecule has 0 fully saturated rings. The first-order valence-corrected chi connectivity index (χ1v) is 15.6. The number of nitro benzene ring substituents is 1. The summed E-state index contributed by atoms with van der Waals surface area (Å²) >= 11 is 6.12. The Kier molecular flexibility index (Phi) is 9.00. The number of methoxy groups -OCH3 is 1. The van der Waals surface area contributed by atoms with Gasteiger partial charge in [0.1, 0.15) is 5.75 Å². The Labute approximate surface area is 263 Å². The highest BCUT2D eigenvalue weighted by Crippen LogP contribution is 2.36. The molecule has 9 nitrogen and oxygen atoms in total. The van der Waals surface area contributed by atoms with Gasteiger partial charge in [-0.2, -0.15) is 0 Å². The molecule has 0 N–H and O–H groups in total. The summed E-state index contributed by atoms with van der Waals surface area (Å²) in [5.74, 6) is 0.0317. The zero-order valence-corrected chi connectivity index (χ0v) is 26.8. The van der Waals surface area contributed by atoms with Crippen LogP contribution in [0.15, 0.2) is 96.0 Å². The van der Waals surface area contributed by atoms with E-state index in [2.05, 4.69) is 20.9 Å². The topological polar surface area (TPSA) is 113 Å². The molecule has 0 radical (unpaired) electrons. The molecule has 1 aromatic heterocycles. The summed E-state index contributed by atoms with van der Waals surface area (Å²) < 4.78 is 13.2. The number of allylic oxidation sites excluding steroid dienone is 1. The third-order valence-corrected chi connectivity index (χ3v) is 9.45. The van der Waals surface area contributed by atoms with Gasteiger partial charge in [0.2, 0.25) is 0 Å². The van der Waals surface area contributed by atoms with Crippen molar-refractivity contribution in [2.75, 3.05) is 13.7 Å². The van der Waals surface area contributed by atoms with Crippen molar-refractivity contribution >= 4 is 56.8 Å². The highest BCUT2D eigenvalue weighted by atomic mass is 79.9. The lowest BCUT2D eigenvalue weighted by Gasteiger charge is -2.25. The van der Waals surface area contributed by atoms with E-state index in [1.165, 1.54) is 28.5 Å². The molecular formula is C31H26BrN3O6S2. The number of aryl methyl sites for hydroxylation is 1. The SMILES string of the molecule is CCOC(=O)C1=C(C)N=c2s/c(=C\c3cc([N+](=O)[O-])ccc3Sc3ccc(C)cc3)c(=O)n2[C@H]1c1ccc(OC)c(Br)c1. The molecule has 0 amide bonds. The van der Waals surface area contributed by atoms with Gasteiger partial charge in [0.05, 0.1) is 45.0 Å². The molecule has 0 bridgehead atoms. The van der Waals surface area contributed by atoms with Crippen molar-refractivity contribution in [3.63, 3.8) is 0 Å². The Morgan fingerprint density at radius 3 is 2.56 bits per heavy atom. The van der Waals surface area contributed by atoms with Gasteiger partial charge in [0.15, 0.2) is 4.80 Å². The summed E-state index contributed by atoms with van der Waals surface area (Å²) in [5, 5.41) is 11.6. The fraction of sp³-hybridized carbons (Fsp3) is 0.194. The largest absolute Gasteiger partial charge is 0.496 e. The van der Waals surface area contributed by atoms with Crippen molar-refractivity contribution in [3.05, 3.63) is 123 Å². The van der Waals surface area contributed by atoms with Crippen LogP contribution in [0.2, 0.25) is 0 Å². The van der Waals surface area contributed by atoms with Gasteiger partial charge >= 0.3 is 5.97 Å². The van der Waals surface area contributed by atoms with Crippen molar-refractivity contribution in [1.82, 2.24) is 4.57 Å². The Morgan fingerprint density at radius 1 is 1.16 bits per heavy atom. The van der Waals surface area contributed by atoms with Gasteiger partial charge in [0, 0.05) is 21.9 Å². The second-order valence-corrected chi connectivity index (χ2v) is 12.6. The van der Waals surface area contributed by atoms with E-state index in [9.17, 15) is 19.7 Å². The quantitative estimate of drug-likeness (QED) is 0.129. The summed E-state index contributed by atoms with van der Waals surface area (Å²) in [5.41, 5.74) is 2.52. The number of fused-ring (bicyclic) bond motifs is 1. The minimum Gasteiger partial charge on any atom is -0.496 e. The molecule has 1 aliphatic rings. The normalized spacial score (nSPS) is 14.7. The number of hydrogen-bond donors (Lipinski definition) is 0. The summed E-state index contributed by atoms with van der Waals surface area (Å²) in [7, 11) is 1.55. The average molecular weight is 681 g/mol. The zero-order chi connectivity index (χ0) is 30.8. The maximum absolute atomic E-state index is 14.1. The number of hydrogen-bond acceptors (Lipinski definition) is 9. The highest BCUT2D eigenvalue weighted by molar-refractivity contribution is 9.10. The van der Waals surface area contributed by atoms with Gasteiger partial charge in [-0.25, -0.2) is 9.79 Å². The Morgan fingerprint density at radius 2 is 1.91 bits per heavy atom. The minimum absolute atomic E-state index is 0.0892. The Bertz CT molecular complexity index is 1960. The van der Waals surface area contributed by atoms with E-state index in [0.717, 1.165) is 26.7 Å². The average Bonchev–Trinajstić information content (AvgIpc) is 3.28. The summed E-state index contributed by atoms with van der Waals surface area (Å²) in [4.78, 5) is 45.2. The first-order valence-electron chi connectivity index (χ1n) is 13.2. The molecule has 43 heavy (non-hydrogen) atoms. The van der Waals surface area contributed by atoms with Crippen molar-refractivity contribution in [2.24, 2.45) is 4.99 Å². The van der Waals surface area contributed by atoms with Crippen LogP contribution in [0.5, 0.6) is 5.75 Å². The van der Waals surface area contributed by atoms with Crippen LogP contribution in [0, 0.1) is 17.0 Å². The van der Waals surface area contributed by atoms with Crippen molar-refractivity contribution in [3.8, 4) is 5.75 Å². The lowest BCUT2D eigenvalue weighted by atomic mass is 9.96. The maximum Gasteiger partial charge on any atom is 0.338 e. The molecular weight excluding hydrogens is 654 g/mol. The molecule has 0 aliphatic carbocycles. The van der Waals surface area contributed by atoms with Crippen LogP contribution >= 0.6 is 39.0 Å². The number of esters is 1. The molecule has 0 spiro atoms. The van der Waals surface area contributed by atoms with Gasteiger partial charge in [0.25, 0.3) is 11.2 Å². The van der Waals surface area contributed by atoms with Crippen LogP contribution in [0.4, 0.5) is 5.69 Å². The van der Waals surface area contributed by atoms with E-state index >= 15 is 0 Å². The van der Waals surface area contributed by atoms with Crippen molar-refractivity contribution < 1.29 is 19.2 Å². The second-order valence-electron chi connectivity index (χ2n) is 9.59. The van der Waals surface area contributed by atoms with Gasteiger partial charge in [-0.1, -0.05) is 46.9 Å².